The Kier molecular flexibility index (Phi) is 8.31. The molecule has 5 rings (SSSR count). The molecule has 1 aliphatic carbocycles. The Morgan fingerprint density at radius 3 is 2.51 bits per heavy atom. The molecular weight excluding hydrogens is 464 g/mol. The Bertz CT molecular complexity index is 1220. The third-order valence-electron chi connectivity index (χ3n) is 7.80. The molecular formula is C30H38N4O3. The zero-order valence-corrected chi connectivity index (χ0v) is 21.9. The first-order valence-electron chi connectivity index (χ1n) is 13.8. The quantitative estimate of drug-likeness (QED) is 0.387. The van der Waals surface area contributed by atoms with Crippen LogP contribution in [0.25, 0.3) is 12.2 Å². The zero-order chi connectivity index (χ0) is 25.6. The highest BCUT2D eigenvalue weighted by molar-refractivity contribution is 5.97. The molecule has 2 saturated heterocycles. The maximum Gasteiger partial charge on any atom is 0.272 e. The predicted molar refractivity (Wildman–Crippen MR) is 145 cm³/mol. The van der Waals surface area contributed by atoms with Gasteiger partial charge in [0, 0.05) is 44.3 Å². The Labute approximate surface area is 219 Å². The zero-order valence-electron chi connectivity index (χ0n) is 21.9. The first-order chi connectivity index (χ1) is 18.1. The van der Waals surface area contributed by atoms with E-state index in [9.17, 15) is 9.59 Å². The second-order valence-corrected chi connectivity index (χ2v) is 10.4. The maximum absolute atomic E-state index is 13.0. The smallest absolute Gasteiger partial charge is 0.272 e. The van der Waals surface area contributed by atoms with E-state index < -0.39 is 0 Å². The lowest BCUT2D eigenvalue weighted by Gasteiger charge is -2.34. The largest absolute Gasteiger partial charge is 0.494 e. The second kappa shape index (κ2) is 12.0. The summed E-state index contributed by atoms with van der Waals surface area (Å²) in [6.07, 6.45) is 9.88. The number of hydrogen-bond donors (Lipinski definition) is 0. The van der Waals surface area contributed by atoms with Crippen molar-refractivity contribution in [1.29, 1.82) is 0 Å². The van der Waals surface area contributed by atoms with Crippen LogP contribution in [0.15, 0.2) is 36.4 Å². The lowest BCUT2D eigenvalue weighted by Crippen LogP contribution is -2.50. The molecule has 7 nitrogen and oxygen atoms in total. The highest BCUT2D eigenvalue weighted by atomic mass is 16.5. The molecule has 0 N–H and O–H groups in total. The minimum atomic E-state index is -0.0294. The number of benzene rings is 1. The van der Waals surface area contributed by atoms with Crippen LogP contribution in [0.3, 0.4) is 0 Å². The van der Waals surface area contributed by atoms with Gasteiger partial charge in [0.05, 0.1) is 18.5 Å². The van der Waals surface area contributed by atoms with Gasteiger partial charge in [0.25, 0.3) is 5.91 Å². The van der Waals surface area contributed by atoms with Gasteiger partial charge in [0.2, 0.25) is 0 Å². The van der Waals surface area contributed by atoms with Crippen LogP contribution in [0.2, 0.25) is 0 Å². The van der Waals surface area contributed by atoms with Gasteiger partial charge >= 0.3 is 0 Å². The van der Waals surface area contributed by atoms with E-state index in [0.29, 0.717) is 56.6 Å². The highest BCUT2D eigenvalue weighted by Crippen LogP contribution is 2.17. The first kappa shape index (κ1) is 25.6. The molecule has 3 aliphatic rings. The van der Waals surface area contributed by atoms with Gasteiger partial charge in [0.15, 0.2) is 5.78 Å². The Morgan fingerprint density at radius 2 is 1.76 bits per heavy atom. The topological polar surface area (TPSA) is 66.0 Å². The molecule has 0 bridgehead atoms. The Hall–Kier alpha value is -3.03. The third kappa shape index (κ3) is 6.46. The summed E-state index contributed by atoms with van der Waals surface area (Å²) in [5, 5.41) is 2.02. The molecule has 0 radical (unpaired) electrons. The van der Waals surface area contributed by atoms with Crippen molar-refractivity contribution in [3.63, 3.8) is 0 Å². The minimum absolute atomic E-state index is 0.0294. The number of carbonyl (C=O) groups is 2. The third-order valence-corrected chi connectivity index (χ3v) is 7.80. The van der Waals surface area contributed by atoms with Crippen molar-refractivity contribution in [2.24, 2.45) is 0 Å². The summed E-state index contributed by atoms with van der Waals surface area (Å²) in [7, 11) is 0. The molecule has 7 heteroatoms. The summed E-state index contributed by atoms with van der Waals surface area (Å²) < 4.78 is 5.89. The number of ketones is 1. The summed E-state index contributed by atoms with van der Waals surface area (Å²) in [5.41, 5.74) is 1.20. The van der Waals surface area contributed by atoms with E-state index in [1.807, 2.05) is 41.3 Å². The molecule has 2 aromatic rings. The molecule has 0 unspecified atom stereocenters. The average molecular weight is 503 g/mol. The van der Waals surface area contributed by atoms with Crippen LogP contribution in [0.4, 0.5) is 0 Å². The minimum Gasteiger partial charge on any atom is -0.494 e. The molecule has 3 heterocycles. The predicted octanol–water partition coefficient (Wildman–Crippen LogP) is 2.33. The second-order valence-electron chi connectivity index (χ2n) is 10.4. The van der Waals surface area contributed by atoms with Gasteiger partial charge in [-0.1, -0.05) is 18.2 Å². The number of hydrogen-bond acceptors (Lipinski definition) is 6. The van der Waals surface area contributed by atoms with E-state index in [1.54, 1.807) is 0 Å². The number of ether oxygens (including phenoxy) is 1. The maximum atomic E-state index is 13.0. The number of Topliss-reactive ketones (excluding diaryl/α,β-unsaturated/α-hetero) is 1. The summed E-state index contributed by atoms with van der Waals surface area (Å²) in [6, 6.07) is 12.0. The van der Waals surface area contributed by atoms with E-state index in [1.165, 1.54) is 19.4 Å². The van der Waals surface area contributed by atoms with Crippen molar-refractivity contribution >= 4 is 23.8 Å². The van der Waals surface area contributed by atoms with Crippen LogP contribution in [-0.4, -0.2) is 89.8 Å². The first-order valence-corrected chi connectivity index (χ1v) is 13.8. The van der Waals surface area contributed by atoms with E-state index in [4.69, 9.17) is 4.74 Å². The van der Waals surface area contributed by atoms with Gasteiger partial charge in [-0.3, -0.25) is 14.5 Å². The van der Waals surface area contributed by atoms with Gasteiger partial charge in [0.1, 0.15) is 11.4 Å². The number of piperazine rings is 1. The van der Waals surface area contributed by atoms with Gasteiger partial charge < -0.3 is 14.5 Å². The molecule has 0 spiro atoms. The number of pyridine rings is 1. The molecule has 2 fully saturated rings. The van der Waals surface area contributed by atoms with Crippen molar-refractivity contribution in [2.75, 3.05) is 52.4 Å². The number of aromatic nitrogens is 1. The SMILES string of the molecule is C[C@@H]1CCCN1CCCOc1ccc(C(=O)CN2CCN(C(=O)c3ccc4c(n3)=CCCC=4)CC2)cc1. The standard InChI is InChI=1S/C30H38N4O3/c1-23-6-4-15-33(23)16-5-21-37-26-12-9-25(10-13-26)29(35)22-32-17-19-34(20-18-32)30(36)28-14-11-24-7-2-3-8-27(24)31-28/h7-14,23H,2-6,15-22H2,1H3/t23-/m1/s1. The number of carbonyl (C=O) groups excluding carboxylic acids is 2. The van der Waals surface area contributed by atoms with Crippen LogP contribution in [0.5, 0.6) is 5.75 Å². The van der Waals surface area contributed by atoms with Crippen LogP contribution in [0, 0.1) is 0 Å². The summed E-state index contributed by atoms with van der Waals surface area (Å²) in [6.45, 7) is 8.19. The number of nitrogens with zero attached hydrogens (tertiary/aromatic N) is 4. The van der Waals surface area contributed by atoms with Gasteiger partial charge in [-0.05, 0) is 81.1 Å². The molecule has 1 aromatic heterocycles. The van der Waals surface area contributed by atoms with Crippen molar-refractivity contribution < 1.29 is 14.3 Å². The number of likely N-dealkylation sites (tertiary alicyclic amines) is 1. The molecule has 1 aromatic carbocycles. The Balaban J connectivity index is 1.05. The van der Waals surface area contributed by atoms with Crippen molar-refractivity contribution in [1.82, 2.24) is 19.7 Å². The number of fused-ring (bicyclic) bond motifs is 1. The van der Waals surface area contributed by atoms with Gasteiger partial charge in [-0.2, -0.15) is 0 Å². The summed E-state index contributed by atoms with van der Waals surface area (Å²) in [5.74, 6) is 0.875. The highest BCUT2D eigenvalue weighted by Gasteiger charge is 2.24. The molecule has 1 amide bonds. The van der Waals surface area contributed by atoms with Gasteiger partial charge in [-0.25, -0.2) is 4.98 Å². The summed E-state index contributed by atoms with van der Waals surface area (Å²) in [4.78, 5) is 36.9. The molecule has 2 aliphatic heterocycles. The number of rotatable bonds is 9. The van der Waals surface area contributed by atoms with E-state index in [0.717, 1.165) is 42.1 Å². The number of amides is 1. The monoisotopic (exact) mass is 502 g/mol. The van der Waals surface area contributed by atoms with E-state index in [2.05, 4.69) is 33.9 Å². The fourth-order valence-electron chi connectivity index (χ4n) is 5.48. The van der Waals surface area contributed by atoms with E-state index in [-0.39, 0.29) is 11.7 Å². The molecule has 0 saturated carbocycles. The van der Waals surface area contributed by atoms with Crippen molar-refractivity contribution in [2.45, 2.75) is 45.1 Å². The van der Waals surface area contributed by atoms with Crippen molar-refractivity contribution in [3.8, 4) is 5.75 Å². The van der Waals surface area contributed by atoms with Crippen molar-refractivity contribution in [3.05, 3.63) is 58.2 Å². The van der Waals surface area contributed by atoms with Crippen LogP contribution < -0.4 is 15.3 Å². The van der Waals surface area contributed by atoms with Crippen LogP contribution in [-0.2, 0) is 0 Å². The van der Waals surface area contributed by atoms with Gasteiger partial charge in [-0.15, -0.1) is 0 Å². The lowest BCUT2D eigenvalue weighted by atomic mass is 10.1. The summed E-state index contributed by atoms with van der Waals surface area (Å²) >= 11 is 0. The van der Waals surface area contributed by atoms with Crippen LogP contribution >= 0.6 is 0 Å². The normalized spacial score (nSPS) is 20.1. The lowest BCUT2D eigenvalue weighted by molar-refractivity contribution is 0.0619. The Morgan fingerprint density at radius 1 is 0.973 bits per heavy atom. The van der Waals surface area contributed by atoms with E-state index >= 15 is 0 Å². The molecule has 196 valence electrons. The fourth-order valence-corrected chi connectivity index (χ4v) is 5.48. The molecule has 37 heavy (non-hydrogen) atoms. The van der Waals surface area contributed by atoms with Crippen LogP contribution in [0.1, 0.15) is 59.9 Å². The fraction of sp³-hybridized carbons (Fsp3) is 0.500. The average Bonchev–Trinajstić information content (AvgIpc) is 3.35. The molecule has 1 atom stereocenters.